The van der Waals surface area contributed by atoms with Crippen molar-refractivity contribution in [2.24, 2.45) is 0 Å². The highest BCUT2D eigenvalue weighted by Gasteiger charge is 2.40. The number of ether oxygens (including phenoxy) is 1. The molecule has 3 aromatic rings. The Bertz CT molecular complexity index is 1320. The van der Waals surface area contributed by atoms with Crippen molar-refractivity contribution >= 4 is 55.8 Å². The van der Waals surface area contributed by atoms with Gasteiger partial charge in [0.15, 0.2) is 5.13 Å². The number of thiazole rings is 1. The van der Waals surface area contributed by atoms with Crippen molar-refractivity contribution in [3.05, 3.63) is 42.0 Å². The minimum atomic E-state index is -0.344. The number of methoxy groups -OCH3 is 1. The van der Waals surface area contributed by atoms with Crippen LogP contribution in [0, 0.1) is 0 Å². The van der Waals surface area contributed by atoms with Gasteiger partial charge in [-0.2, -0.15) is 0 Å². The smallest absolute Gasteiger partial charge is 0.253 e. The third kappa shape index (κ3) is 4.29. The van der Waals surface area contributed by atoms with Crippen LogP contribution < -0.4 is 19.9 Å². The predicted molar refractivity (Wildman–Crippen MR) is 137 cm³/mol. The molecular weight excluding hydrogens is 466 g/mol. The molecule has 2 aromatic carbocycles. The maximum atomic E-state index is 13.5. The summed E-state index contributed by atoms with van der Waals surface area (Å²) in [7, 11) is 4.97. The molecule has 3 heterocycles. The van der Waals surface area contributed by atoms with Crippen LogP contribution in [0.5, 0.6) is 5.75 Å². The van der Waals surface area contributed by atoms with Crippen LogP contribution in [0.15, 0.2) is 36.4 Å². The second kappa shape index (κ2) is 9.18. The number of aromatic nitrogens is 1. The highest BCUT2D eigenvalue weighted by molar-refractivity contribution is 7.22. The summed E-state index contributed by atoms with van der Waals surface area (Å²) in [6.45, 7) is 0.620. The van der Waals surface area contributed by atoms with Gasteiger partial charge in [0.2, 0.25) is 11.8 Å². The first-order chi connectivity index (χ1) is 16.9. The number of rotatable bonds is 5. The number of fused-ring (bicyclic) bond motifs is 4. The fourth-order valence-corrected chi connectivity index (χ4v) is 5.61. The first-order valence-corrected chi connectivity index (χ1v) is 12.4. The van der Waals surface area contributed by atoms with Gasteiger partial charge in [-0.15, -0.1) is 0 Å². The summed E-state index contributed by atoms with van der Waals surface area (Å²) < 4.78 is 6.15. The molecule has 9 nitrogen and oxygen atoms in total. The van der Waals surface area contributed by atoms with Crippen LogP contribution in [0.25, 0.3) is 10.2 Å². The maximum Gasteiger partial charge on any atom is 0.253 e. The van der Waals surface area contributed by atoms with E-state index in [0.717, 1.165) is 47.5 Å². The van der Waals surface area contributed by atoms with Crippen LogP contribution >= 0.6 is 11.3 Å². The number of nitrogens with zero attached hydrogens (tertiary/aromatic N) is 4. The number of carbonyl (C=O) groups excluding carboxylic acids is 3. The third-order valence-electron chi connectivity index (χ3n) is 6.43. The molecule has 3 amide bonds. The Morgan fingerprint density at radius 3 is 2.77 bits per heavy atom. The zero-order valence-corrected chi connectivity index (χ0v) is 20.7. The number of anilines is 3. The van der Waals surface area contributed by atoms with E-state index in [9.17, 15) is 14.4 Å². The van der Waals surface area contributed by atoms with E-state index in [0.29, 0.717) is 16.4 Å². The van der Waals surface area contributed by atoms with E-state index >= 15 is 0 Å². The Balaban J connectivity index is 1.44. The van der Waals surface area contributed by atoms with Gasteiger partial charge in [-0.05, 0) is 55.7 Å². The molecule has 1 fully saturated rings. The SMILES string of the molecule is COc1ccc2nc(NC(=O)CN3C(=O)[C@@H]4CCCCN4c4ccc(C(=O)N(C)C)cc43)sc2c1. The molecule has 2 aliphatic heterocycles. The average Bonchev–Trinajstić information content (AvgIpc) is 3.26. The van der Waals surface area contributed by atoms with E-state index in [1.807, 2.05) is 24.3 Å². The van der Waals surface area contributed by atoms with Crippen LogP contribution in [0.3, 0.4) is 0 Å². The third-order valence-corrected chi connectivity index (χ3v) is 7.36. The molecule has 1 N–H and O–H groups in total. The van der Waals surface area contributed by atoms with E-state index in [1.54, 1.807) is 33.3 Å². The second-order valence-electron chi connectivity index (χ2n) is 8.93. The Morgan fingerprint density at radius 1 is 1.17 bits per heavy atom. The zero-order valence-electron chi connectivity index (χ0n) is 19.9. The van der Waals surface area contributed by atoms with Gasteiger partial charge in [-0.3, -0.25) is 19.3 Å². The number of nitrogens with one attached hydrogen (secondary N) is 1. The first-order valence-electron chi connectivity index (χ1n) is 11.5. The number of hydrogen-bond acceptors (Lipinski definition) is 7. The lowest BCUT2D eigenvalue weighted by Gasteiger charge is -2.45. The van der Waals surface area contributed by atoms with Gasteiger partial charge in [0.1, 0.15) is 18.3 Å². The molecule has 2 aliphatic rings. The molecule has 0 saturated carbocycles. The predicted octanol–water partition coefficient (Wildman–Crippen LogP) is 3.35. The topological polar surface area (TPSA) is 95.1 Å². The Morgan fingerprint density at radius 2 is 2.00 bits per heavy atom. The molecule has 10 heteroatoms. The highest BCUT2D eigenvalue weighted by Crippen LogP contribution is 2.40. The summed E-state index contributed by atoms with van der Waals surface area (Å²) in [6, 6.07) is 10.6. The van der Waals surface area contributed by atoms with Gasteiger partial charge in [-0.1, -0.05) is 11.3 Å². The van der Waals surface area contributed by atoms with Crippen molar-refractivity contribution in [2.45, 2.75) is 25.3 Å². The number of piperidine rings is 1. The average molecular weight is 494 g/mol. The second-order valence-corrected chi connectivity index (χ2v) is 9.96. The molecule has 0 unspecified atom stereocenters. The van der Waals surface area contributed by atoms with Crippen LogP contribution in [-0.2, 0) is 9.59 Å². The van der Waals surface area contributed by atoms with Gasteiger partial charge in [0.05, 0.1) is 28.7 Å². The molecule has 1 atom stereocenters. The van der Waals surface area contributed by atoms with Crippen molar-refractivity contribution in [1.29, 1.82) is 0 Å². The summed E-state index contributed by atoms with van der Waals surface area (Å²) in [5.41, 5.74) is 2.70. The lowest BCUT2D eigenvalue weighted by molar-refractivity contribution is -0.123. The minimum Gasteiger partial charge on any atom is -0.497 e. The lowest BCUT2D eigenvalue weighted by Crippen LogP contribution is -2.56. The van der Waals surface area contributed by atoms with E-state index in [2.05, 4.69) is 15.2 Å². The number of hydrogen-bond donors (Lipinski definition) is 1. The van der Waals surface area contributed by atoms with Gasteiger partial charge in [-0.25, -0.2) is 4.98 Å². The van der Waals surface area contributed by atoms with Crippen molar-refractivity contribution in [1.82, 2.24) is 9.88 Å². The van der Waals surface area contributed by atoms with E-state index < -0.39 is 0 Å². The monoisotopic (exact) mass is 493 g/mol. The van der Waals surface area contributed by atoms with Crippen LogP contribution in [-0.4, -0.2) is 67.9 Å². The Labute approximate surface area is 207 Å². The normalized spacial score (nSPS) is 17.1. The van der Waals surface area contributed by atoms with Crippen molar-refractivity contribution < 1.29 is 19.1 Å². The lowest BCUT2D eigenvalue weighted by atomic mass is 9.95. The van der Waals surface area contributed by atoms with Crippen molar-refractivity contribution in [3.63, 3.8) is 0 Å². The standard InChI is InChI=1S/C25H27N5O4S/c1-28(2)23(32)15-7-10-18-20(12-15)30(24(33)19-6-4-5-11-29(18)19)14-22(31)27-25-26-17-9-8-16(34-3)13-21(17)35-25/h7-10,12-13,19H,4-6,11,14H2,1-3H3,(H,26,27,31)/t19-/m0/s1. The maximum absolute atomic E-state index is 13.5. The van der Waals surface area contributed by atoms with Crippen LogP contribution in [0.4, 0.5) is 16.5 Å². The fourth-order valence-electron chi connectivity index (χ4n) is 4.70. The van der Waals surface area contributed by atoms with Crippen molar-refractivity contribution in [3.8, 4) is 5.75 Å². The van der Waals surface area contributed by atoms with Crippen LogP contribution in [0.2, 0.25) is 0 Å². The largest absolute Gasteiger partial charge is 0.497 e. The van der Waals surface area contributed by atoms with Crippen molar-refractivity contribution in [2.75, 3.05) is 49.4 Å². The summed E-state index contributed by atoms with van der Waals surface area (Å²) in [5, 5.41) is 3.30. The molecular formula is C25H27N5O4S. The highest BCUT2D eigenvalue weighted by atomic mass is 32.1. The summed E-state index contributed by atoms with van der Waals surface area (Å²) in [6.07, 6.45) is 2.72. The number of amides is 3. The molecule has 182 valence electrons. The molecule has 0 bridgehead atoms. The minimum absolute atomic E-state index is 0.115. The molecule has 5 rings (SSSR count). The van der Waals surface area contributed by atoms with E-state index in [1.165, 1.54) is 21.1 Å². The van der Waals surface area contributed by atoms with Gasteiger partial charge >= 0.3 is 0 Å². The molecule has 0 radical (unpaired) electrons. The van der Waals surface area contributed by atoms with Gasteiger partial charge in [0, 0.05) is 26.2 Å². The number of benzene rings is 2. The van der Waals surface area contributed by atoms with Gasteiger partial charge < -0.3 is 19.9 Å². The quantitative estimate of drug-likeness (QED) is 0.586. The first kappa shape index (κ1) is 23.1. The molecule has 1 aromatic heterocycles. The number of carbonyl (C=O) groups is 3. The summed E-state index contributed by atoms with van der Waals surface area (Å²) in [4.78, 5) is 48.8. The molecule has 35 heavy (non-hydrogen) atoms. The molecule has 0 aliphatic carbocycles. The van der Waals surface area contributed by atoms with Gasteiger partial charge in [0.25, 0.3) is 5.91 Å². The molecule has 0 spiro atoms. The Hall–Kier alpha value is -3.66. The van der Waals surface area contributed by atoms with Crippen LogP contribution in [0.1, 0.15) is 29.6 Å². The van der Waals surface area contributed by atoms with E-state index in [-0.39, 0.29) is 30.3 Å². The zero-order chi connectivity index (χ0) is 24.7. The fraction of sp³-hybridized carbons (Fsp3) is 0.360. The molecule has 1 saturated heterocycles. The Kier molecular flexibility index (Phi) is 6.06. The summed E-state index contributed by atoms with van der Waals surface area (Å²) in [5.74, 6) is 0.102. The summed E-state index contributed by atoms with van der Waals surface area (Å²) >= 11 is 1.35. The van der Waals surface area contributed by atoms with E-state index in [4.69, 9.17) is 4.74 Å².